The number of carbonyl (C=O) groups is 1. The number of thiophene rings is 1. The van der Waals surface area contributed by atoms with Crippen molar-refractivity contribution in [3.8, 4) is 6.07 Å². The summed E-state index contributed by atoms with van der Waals surface area (Å²) < 4.78 is 0. The number of carbonyl (C=O) groups excluding carboxylic acids is 1. The molecular weight excluding hydrogens is 294 g/mol. The van der Waals surface area contributed by atoms with Crippen molar-refractivity contribution in [1.82, 2.24) is 10.2 Å². The van der Waals surface area contributed by atoms with Crippen molar-refractivity contribution in [1.29, 1.82) is 5.26 Å². The Balaban J connectivity index is 1.73. The van der Waals surface area contributed by atoms with Gasteiger partial charge in [-0.25, -0.2) is 0 Å². The number of rotatable bonds is 2. The predicted octanol–water partition coefficient (Wildman–Crippen LogP) is 2.59. The summed E-state index contributed by atoms with van der Waals surface area (Å²) in [6.07, 6.45) is 4.78. The largest absolute Gasteiger partial charge is 0.333 e. The summed E-state index contributed by atoms with van der Waals surface area (Å²) in [5.41, 5.74) is 0.643. The van der Waals surface area contributed by atoms with E-state index in [1.165, 1.54) is 16.9 Å². The fourth-order valence-electron chi connectivity index (χ4n) is 3.36. The summed E-state index contributed by atoms with van der Waals surface area (Å²) >= 11 is 1.61. The maximum Gasteiger partial charge on any atom is 0.262 e. The molecule has 1 aliphatic carbocycles. The molecule has 1 aliphatic heterocycles. The Hall–Kier alpha value is -1.38. The molecule has 1 aromatic rings. The first-order chi connectivity index (χ1) is 10.5. The van der Waals surface area contributed by atoms with Crippen molar-refractivity contribution in [2.75, 3.05) is 20.1 Å². The summed E-state index contributed by atoms with van der Waals surface area (Å²) in [6.45, 7) is 3.97. The summed E-state index contributed by atoms with van der Waals surface area (Å²) in [7, 11) is 2.05. The smallest absolute Gasteiger partial charge is 0.262 e. The van der Waals surface area contributed by atoms with Gasteiger partial charge in [0.05, 0.1) is 10.9 Å². The van der Waals surface area contributed by atoms with E-state index in [9.17, 15) is 10.1 Å². The third kappa shape index (κ3) is 3.04. The molecule has 0 spiro atoms. The van der Waals surface area contributed by atoms with Crippen LogP contribution in [-0.2, 0) is 12.8 Å². The van der Waals surface area contributed by atoms with Crippen LogP contribution in [0.2, 0.25) is 0 Å². The van der Waals surface area contributed by atoms with E-state index in [0.29, 0.717) is 18.8 Å². The number of fused-ring (bicyclic) bond motifs is 1. The Morgan fingerprint density at radius 2 is 2.23 bits per heavy atom. The number of nitrogens with one attached hydrogen (secondary N) is 1. The second kappa shape index (κ2) is 6.02. The van der Waals surface area contributed by atoms with E-state index in [0.717, 1.165) is 30.8 Å². The van der Waals surface area contributed by atoms with Gasteiger partial charge in [-0.3, -0.25) is 4.79 Å². The van der Waals surface area contributed by atoms with E-state index in [4.69, 9.17) is 0 Å². The molecule has 1 aromatic heterocycles. The highest BCUT2D eigenvalue weighted by Gasteiger charge is 2.36. The normalized spacial score (nSPS) is 24.3. The van der Waals surface area contributed by atoms with Gasteiger partial charge in [0.2, 0.25) is 0 Å². The van der Waals surface area contributed by atoms with Crippen LogP contribution in [0.15, 0.2) is 6.07 Å². The van der Waals surface area contributed by atoms with Gasteiger partial charge in [-0.2, -0.15) is 5.26 Å². The molecule has 118 valence electrons. The van der Waals surface area contributed by atoms with Crippen LogP contribution in [-0.4, -0.2) is 36.5 Å². The van der Waals surface area contributed by atoms with Crippen LogP contribution in [0.5, 0.6) is 0 Å². The number of nitriles is 1. The average molecular weight is 317 g/mol. The highest BCUT2D eigenvalue weighted by Crippen LogP contribution is 2.32. The zero-order valence-corrected chi connectivity index (χ0v) is 14.1. The number of hydrogen-bond donors (Lipinski definition) is 1. The monoisotopic (exact) mass is 317 g/mol. The van der Waals surface area contributed by atoms with Crippen LogP contribution < -0.4 is 5.32 Å². The van der Waals surface area contributed by atoms with Crippen molar-refractivity contribution in [2.45, 2.75) is 44.6 Å². The van der Waals surface area contributed by atoms with Gasteiger partial charge in [0.1, 0.15) is 5.54 Å². The quantitative estimate of drug-likeness (QED) is 0.912. The van der Waals surface area contributed by atoms with Crippen LogP contribution in [0.1, 0.15) is 46.3 Å². The highest BCUT2D eigenvalue weighted by molar-refractivity contribution is 7.14. The van der Waals surface area contributed by atoms with Gasteiger partial charge in [0, 0.05) is 18.0 Å². The SMILES string of the molecule is C[C@H]1CCc2sc(C(=O)NC3(C#N)CCN(C)CC3)cc2C1. The lowest BCUT2D eigenvalue weighted by Crippen LogP contribution is -2.53. The molecular formula is C17H23N3OS. The van der Waals surface area contributed by atoms with Gasteiger partial charge in [0.15, 0.2) is 0 Å². The minimum absolute atomic E-state index is 0.0712. The Kier molecular flexibility index (Phi) is 4.24. The molecule has 3 rings (SSSR count). The van der Waals surface area contributed by atoms with Crippen LogP contribution in [0, 0.1) is 17.2 Å². The molecule has 1 saturated heterocycles. The first kappa shape index (κ1) is 15.5. The third-order valence-electron chi connectivity index (χ3n) is 4.96. The van der Waals surface area contributed by atoms with Crippen LogP contribution in [0.4, 0.5) is 0 Å². The Bertz CT molecular complexity index is 608. The molecule has 1 N–H and O–H groups in total. The maximum atomic E-state index is 12.6. The van der Waals surface area contributed by atoms with E-state index >= 15 is 0 Å². The Morgan fingerprint density at radius 3 is 2.91 bits per heavy atom. The van der Waals surface area contributed by atoms with Crippen LogP contribution in [0.3, 0.4) is 0 Å². The predicted molar refractivity (Wildman–Crippen MR) is 88.0 cm³/mol. The molecule has 5 heteroatoms. The van der Waals surface area contributed by atoms with Gasteiger partial charge >= 0.3 is 0 Å². The number of nitrogens with zero attached hydrogens (tertiary/aromatic N) is 2. The van der Waals surface area contributed by atoms with Crippen LogP contribution in [0.25, 0.3) is 0 Å². The molecule has 1 atom stereocenters. The molecule has 0 aromatic carbocycles. The molecule has 1 amide bonds. The summed E-state index contributed by atoms with van der Waals surface area (Å²) in [5, 5.41) is 12.6. The van der Waals surface area contributed by atoms with Gasteiger partial charge in [0.25, 0.3) is 5.91 Å². The van der Waals surface area contributed by atoms with Gasteiger partial charge in [-0.05, 0) is 56.7 Å². The summed E-state index contributed by atoms with van der Waals surface area (Å²) in [5.74, 6) is 0.635. The number of hydrogen-bond acceptors (Lipinski definition) is 4. The second-order valence-corrected chi connectivity index (χ2v) is 8.00. The third-order valence-corrected chi connectivity index (χ3v) is 6.20. The maximum absolute atomic E-state index is 12.6. The van der Waals surface area contributed by atoms with Crippen molar-refractivity contribution in [3.63, 3.8) is 0 Å². The molecule has 4 nitrogen and oxygen atoms in total. The molecule has 0 unspecified atom stereocenters. The van der Waals surface area contributed by atoms with Gasteiger partial charge in [-0.15, -0.1) is 11.3 Å². The van der Waals surface area contributed by atoms with Gasteiger partial charge < -0.3 is 10.2 Å². The first-order valence-electron chi connectivity index (χ1n) is 8.05. The lowest BCUT2D eigenvalue weighted by atomic mass is 9.88. The molecule has 2 aliphatic rings. The number of likely N-dealkylation sites (tertiary alicyclic amines) is 1. The molecule has 22 heavy (non-hydrogen) atoms. The standard InChI is InChI=1S/C17H23N3OS/c1-12-3-4-14-13(9-12)10-15(22-14)16(21)19-17(11-18)5-7-20(2)8-6-17/h10,12H,3-9H2,1-2H3,(H,19,21)/t12-/m0/s1. The van der Waals surface area contributed by atoms with Crippen molar-refractivity contribution >= 4 is 17.2 Å². The molecule has 0 bridgehead atoms. The average Bonchev–Trinajstić information content (AvgIpc) is 2.93. The van der Waals surface area contributed by atoms with Crippen molar-refractivity contribution < 1.29 is 4.79 Å². The van der Waals surface area contributed by atoms with Crippen LogP contribution >= 0.6 is 11.3 Å². The fraction of sp³-hybridized carbons (Fsp3) is 0.647. The highest BCUT2D eigenvalue weighted by atomic mass is 32.1. The second-order valence-electron chi connectivity index (χ2n) is 6.86. The van der Waals surface area contributed by atoms with Crippen molar-refractivity contribution in [2.24, 2.45) is 5.92 Å². The zero-order valence-electron chi connectivity index (χ0n) is 13.3. The van der Waals surface area contributed by atoms with E-state index in [1.807, 2.05) is 6.07 Å². The minimum atomic E-state index is -0.693. The Labute approximate surface area is 136 Å². The van der Waals surface area contributed by atoms with Gasteiger partial charge in [-0.1, -0.05) is 6.92 Å². The first-order valence-corrected chi connectivity index (χ1v) is 8.87. The lowest BCUT2D eigenvalue weighted by molar-refractivity contribution is 0.0886. The van der Waals surface area contributed by atoms with E-state index in [1.54, 1.807) is 11.3 Å². The molecule has 2 heterocycles. The fourth-order valence-corrected chi connectivity index (χ4v) is 4.47. The lowest BCUT2D eigenvalue weighted by Gasteiger charge is -2.35. The van der Waals surface area contributed by atoms with E-state index < -0.39 is 5.54 Å². The summed E-state index contributed by atoms with van der Waals surface area (Å²) in [4.78, 5) is 16.9. The van der Waals surface area contributed by atoms with Crippen molar-refractivity contribution in [3.05, 3.63) is 21.4 Å². The van der Waals surface area contributed by atoms with E-state index in [-0.39, 0.29) is 5.91 Å². The molecule has 0 radical (unpaired) electrons. The topological polar surface area (TPSA) is 56.1 Å². The summed E-state index contributed by atoms with van der Waals surface area (Å²) in [6, 6.07) is 4.40. The molecule has 1 fully saturated rings. The zero-order chi connectivity index (χ0) is 15.7. The van der Waals surface area contributed by atoms with E-state index in [2.05, 4.69) is 30.3 Å². The number of piperidine rings is 1. The Morgan fingerprint density at radius 1 is 1.50 bits per heavy atom. The minimum Gasteiger partial charge on any atom is -0.333 e. The number of aryl methyl sites for hydroxylation is 1. The number of amides is 1. The molecule has 0 saturated carbocycles.